The summed E-state index contributed by atoms with van der Waals surface area (Å²) in [6.45, 7) is 6.73. The molecule has 2 aromatic carbocycles. The van der Waals surface area contributed by atoms with E-state index in [1.807, 2.05) is 41.9 Å². The van der Waals surface area contributed by atoms with Gasteiger partial charge in [0, 0.05) is 45.1 Å². The molecule has 0 aliphatic carbocycles. The Labute approximate surface area is 235 Å². The van der Waals surface area contributed by atoms with E-state index in [4.69, 9.17) is 15.2 Å². The summed E-state index contributed by atoms with van der Waals surface area (Å²) >= 11 is 0. The summed E-state index contributed by atoms with van der Waals surface area (Å²) in [5, 5.41) is 10.9. The fourth-order valence-electron chi connectivity index (χ4n) is 5.08. The van der Waals surface area contributed by atoms with E-state index in [9.17, 15) is 19.7 Å². The number of benzene rings is 2. The highest BCUT2D eigenvalue weighted by molar-refractivity contribution is 5.78. The first-order valence-electron chi connectivity index (χ1n) is 13.7. The number of nitro benzene ring substituents is 1. The van der Waals surface area contributed by atoms with E-state index >= 15 is 0 Å². The largest absolute Gasteiger partial charge is 0.495 e. The number of hydrogen-bond acceptors (Lipinski definition) is 7. The van der Waals surface area contributed by atoms with Gasteiger partial charge in [-0.1, -0.05) is 26.0 Å². The summed E-state index contributed by atoms with van der Waals surface area (Å²) in [5.74, 6) is 1.89. The van der Waals surface area contributed by atoms with Crippen molar-refractivity contribution < 1.29 is 24.0 Å². The summed E-state index contributed by atoms with van der Waals surface area (Å²) < 4.78 is 10.3. The van der Waals surface area contributed by atoms with Crippen LogP contribution in [0.1, 0.15) is 63.0 Å². The highest BCUT2D eigenvalue weighted by Crippen LogP contribution is 2.33. The first-order chi connectivity index (χ1) is 19.2. The summed E-state index contributed by atoms with van der Waals surface area (Å²) in [6.07, 6.45) is 5.87. The molecule has 2 N–H and O–H groups in total. The molecule has 1 fully saturated rings. The Kier molecular flexibility index (Phi) is 10.9. The smallest absolute Gasteiger partial charge is 0.310 e. The number of amides is 2. The van der Waals surface area contributed by atoms with Crippen molar-refractivity contribution in [1.82, 2.24) is 9.80 Å². The lowest BCUT2D eigenvalue weighted by atomic mass is 9.89. The third kappa shape index (κ3) is 7.52. The van der Waals surface area contributed by atoms with Gasteiger partial charge in [0.25, 0.3) is 0 Å². The molecule has 0 saturated carbocycles. The van der Waals surface area contributed by atoms with Gasteiger partial charge in [-0.05, 0) is 66.1 Å². The van der Waals surface area contributed by atoms with Gasteiger partial charge in [-0.15, -0.1) is 0 Å². The van der Waals surface area contributed by atoms with E-state index in [0.29, 0.717) is 37.5 Å². The molecule has 10 nitrogen and oxygen atoms in total. The third-order valence-corrected chi connectivity index (χ3v) is 7.49. The first-order valence-corrected chi connectivity index (χ1v) is 13.7. The van der Waals surface area contributed by atoms with Crippen molar-refractivity contribution in [2.75, 3.05) is 46.1 Å². The SMILES string of the molecule is CCC(=O)N1CC=C(c2ccc([N+](=O)[O-])c(OC)c2)CC1.CCC(=O)N1CCC(c2ccc(N)c(OC)c2)CC1. The van der Waals surface area contributed by atoms with E-state index in [0.717, 1.165) is 49.2 Å². The Morgan fingerprint density at radius 1 is 0.950 bits per heavy atom. The predicted octanol–water partition coefficient (Wildman–Crippen LogP) is 5.02. The van der Waals surface area contributed by atoms with Crippen LogP contribution in [0.25, 0.3) is 5.57 Å². The van der Waals surface area contributed by atoms with Crippen molar-refractivity contribution in [3.63, 3.8) is 0 Å². The number of rotatable bonds is 7. The quantitative estimate of drug-likeness (QED) is 0.290. The molecular weight excluding hydrogens is 512 g/mol. The van der Waals surface area contributed by atoms with Crippen LogP contribution in [0.3, 0.4) is 0 Å². The standard InChI is InChI=1S/C15H18N2O4.C15H22N2O2/c1-3-15(18)16-8-6-11(7-9-16)12-4-5-13(17(19)20)14(10-12)21-2;1-3-15(18)17-8-6-11(7-9-17)12-4-5-13(16)14(10-12)19-2/h4-6,10H,3,7-9H2,1-2H3;4-5,10-11H,3,6-9,16H2,1-2H3. The highest BCUT2D eigenvalue weighted by atomic mass is 16.6. The molecule has 0 spiro atoms. The maximum absolute atomic E-state index is 11.6. The van der Waals surface area contributed by atoms with E-state index in [1.165, 1.54) is 18.7 Å². The Morgan fingerprint density at radius 3 is 2.15 bits per heavy atom. The Balaban J connectivity index is 0.000000222. The molecule has 2 aliphatic rings. The van der Waals surface area contributed by atoms with Crippen molar-refractivity contribution in [2.45, 2.75) is 51.9 Å². The number of carbonyl (C=O) groups is 2. The lowest BCUT2D eigenvalue weighted by molar-refractivity contribution is -0.385. The minimum atomic E-state index is -0.459. The van der Waals surface area contributed by atoms with Crippen molar-refractivity contribution in [2.24, 2.45) is 0 Å². The van der Waals surface area contributed by atoms with Crippen molar-refractivity contribution in [3.8, 4) is 11.5 Å². The van der Waals surface area contributed by atoms with Gasteiger partial charge in [0.1, 0.15) is 5.75 Å². The van der Waals surface area contributed by atoms with E-state index in [1.54, 1.807) is 19.2 Å². The topological polar surface area (TPSA) is 128 Å². The van der Waals surface area contributed by atoms with E-state index < -0.39 is 4.92 Å². The zero-order valence-corrected chi connectivity index (χ0v) is 23.9. The summed E-state index contributed by atoms with van der Waals surface area (Å²) in [5.41, 5.74) is 9.71. The maximum atomic E-state index is 11.6. The number of hydrogen-bond donors (Lipinski definition) is 1. The number of nitro groups is 1. The predicted molar refractivity (Wildman–Crippen MR) is 155 cm³/mol. The fourth-order valence-corrected chi connectivity index (χ4v) is 5.08. The monoisotopic (exact) mass is 552 g/mol. The number of carbonyl (C=O) groups excluding carboxylic acids is 2. The Morgan fingerprint density at radius 2 is 1.60 bits per heavy atom. The Bertz CT molecular complexity index is 1240. The summed E-state index contributed by atoms with van der Waals surface area (Å²) in [4.78, 5) is 37.5. The number of methoxy groups -OCH3 is 2. The molecular formula is C30H40N4O6. The molecule has 4 rings (SSSR count). The van der Waals surface area contributed by atoms with Crippen LogP contribution >= 0.6 is 0 Å². The molecule has 40 heavy (non-hydrogen) atoms. The lowest BCUT2D eigenvalue weighted by Crippen LogP contribution is -2.37. The van der Waals surface area contributed by atoms with Gasteiger partial charge < -0.3 is 25.0 Å². The number of nitrogens with zero attached hydrogens (tertiary/aromatic N) is 3. The van der Waals surface area contributed by atoms with Crippen LogP contribution in [0.4, 0.5) is 11.4 Å². The fraction of sp³-hybridized carbons (Fsp3) is 0.467. The van der Waals surface area contributed by atoms with Crippen LogP contribution in [0.15, 0.2) is 42.5 Å². The van der Waals surface area contributed by atoms with Crippen LogP contribution < -0.4 is 15.2 Å². The summed E-state index contributed by atoms with van der Waals surface area (Å²) in [6, 6.07) is 10.9. The third-order valence-electron chi connectivity index (χ3n) is 7.49. The van der Waals surface area contributed by atoms with Crippen molar-refractivity contribution >= 4 is 28.8 Å². The van der Waals surface area contributed by atoms with Crippen LogP contribution in [0, 0.1) is 10.1 Å². The molecule has 0 aromatic heterocycles. The number of ether oxygens (including phenoxy) is 2. The summed E-state index contributed by atoms with van der Waals surface area (Å²) in [7, 11) is 3.06. The molecule has 216 valence electrons. The lowest BCUT2D eigenvalue weighted by Gasteiger charge is -2.32. The van der Waals surface area contributed by atoms with Crippen LogP contribution in [-0.4, -0.2) is 66.9 Å². The van der Waals surface area contributed by atoms with Crippen molar-refractivity contribution in [3.05, 3.63) is 63.7 Å². The van der Waals surface area contributed by atoms with Gasteiger partial charge in [-0.25, -0.2) is 0 Å². The molecule has 2 heterocycles. The molecule has 2 aliphatic heterocycles. The number of anilines is 1. The van der Waals surface area contributed by atoms with Gasteiger partial charge in [-0.3, -0.25) is 19.7 Å². The first kappa shape index (κ1) is 30.5. The molecule has 10 heteroatoms. The van der Waals surface area contributed by atoms with Gasteiger partial charge in [0.15, 0.2) is 5.75 Å². The van der Waals surface area contributed by atoms with Gasteiger partial charge in [-0.2, -0.15) is 0 Å². The molecule has 0 atom stereocenters. The number of nitrogens with two attached hydrogens (primary N) is 1. The Hall–Kier alpha value is -4.08. The second-order valence-corrected chi connectivity index (χ2v) is 9.83. The molecule has 2 aromatic rings. The van der Waals surface area contributed by atoms with Crippen molar-refractivity contribution in [1.29, 1.82) is 0 Å². The highest BCUT2D eigenvalue weighted by Gasteiger charge is 2.23. The number of likely N-dealkylation sites (tertiary alicyclic amines) is 1. The minimum absolute atomic E-state index is 0.0413. The van der Waals surface area contributed by atoms with Gasteiger partial charge >= 0.3 is 5.69 Å². The van der Waals surface area contributed by atoms with Gasteiger partial charge in [0.2, 0.25) is 11.8 Å². The van der Waals surface area contributed by atoms with Crippen LogP contribution in [0.2, 0.25) is 0 Å². The number of piperidine rings is 1. The molecule has 2 amide bonds. The van der Waals surface area contributed by atoms with E-state index in [2.05, 4.69) is 6.07 Å². The molecule has 0 unspecified atom stereocenters. The average Bonchev–Trinajstić information content (AvgIpc) is 3.00. The second kappa shape index (κ2) is 14.3. The molecule has 1 saturated heterocycles. The maximum Gasteiger partial charge on any atom is 0.310 e. The molecule has 0 bridgehead atoms. The number of nitrogen functional groups attached to an aromatic ring is 1. The van der Waals surface area contributed by atoms with E-state index in [-0.39, 0.29) is 23.3 Å². The molecule has 0 radical (unpaired) electrons. The average molecular weight is 553 g/mol. The minimum Gasteiger partial charge on any atom is -0.495 e. The van der Waals surface area contributed by atoms with Crippen LogP contribution in [-0.2, 0) is 9.59 Å². The van der Waals surface area contributed by atoms with Crippen LogP contribution in [0.5, 0.6) is 11.5 Å². The normalized spacial score (nSPS) is 15.4. The second-order valence-electron chi connectivity index (χ2n) is 9.83. The zero-order chi connectivity index (χ0) is 29.2. The zero-order valence-electron chi connectivity index (χ0n) is 23.9. The van der Waals surface area contributed by atoms with Gasteiger partial charge in [0.05, 0.1) is 24.8 Å².